The Morgan fingerprint density at radius 1 is 1.03 bits per heavy atom. The van der Waals surface area contributed by atoms with E-state index in [9.17, 15) is 9.59 Å². The number of carbonyl (C=O) groups is 2. The van der Waals surface area contributed by atoms with E-state index in [0.717, 1.165) is 38.2 Å². The summed E-state index contributed by atoms with van der Waals surface area (Å²) in [5, 5.41) is 8.44. The zero-order valence-corrected chi connectivity index (χ0v) is 21.1. The predicted octanol–water partition coefficient (Wildman–Crippen LogP) is 3.39. The van der Waals surface area contributed by atoms with Gasteiger partial charge in [-0.2, -0.15) is 0 Å². The molecule has 184 valence electrons. The van der Waals surface area contributed by atoms with Crippen molar-refractivity contribution in [2.45, 2.75) is 32.4 Å². The summed E-state index contributed by atoms with van der Waals surface area (Å²) in [6, 6.07) is 20.3. The van der Waals surface area contributed by atoms with Crippen LogP contribution in [0.5, 0.6) is 0 Å². The second kappa shape index (κ2) is 12.5. The van der Waals surface area contributed by atoms with Gasteiger partial charge in [0, 0.05) is 56.3 Å². The monoisotopic (exact) mass is 490 g/mol. The van der Waals surface area contributed by atoms with Crippen molar-refractivity contribution in [1.82, 2.24) is 15.5 Å². The molecule has 1 aliphatic heterocycles. The fourth-order valence-corrected chi connectivity index (χ4v) is 5.21. The molecule has 7 heteroatoms. The Morgan fingerprint density at radius 2 is 1.80 bits per heavy atom. The summed E-state index contributed by atoms with van der Waals surface area (Å²) in [6.45, 7) is 6.64. The number of nitrogens with zero attached hydrogens (tertiary/aromatic N) is 2. The van der Waals surface area contributed by atoms with E-state index >= 15 is 0 Å². The van der Waals surface area contributed by atoms with Gasteiger partial charge in [0.1, 0.15) is 6.04 Å². The number of benzene rings is 2. The van der Waals surface area contributed by atoms with E-state index in [4.69, 9.17) is 0 Å². The number of carbonyl (C=O) groups excluding carboxylic acids is 2. The molecular weight excluding hydrogens is 456 g/mol. The van der Waals surface area contributed by atoms with Gasteiger partial charge in [-0.25, -0.2) is 0 Å². The molecule has 0 saturated carbocycles. The summed E-state index contributed by atoms with van der Waals surface area (Å²) in [6.07, 6.45) is 2.17. The molecule has 1 aliphatic rings. The van der Waals surface area contributed by atoms with Crippen LogP contribution >= 0.6 is 11.3 Å². The van der Waals surface area contributed by atoms with Crippen LogP contribution in [0.15, 0.2) is 66.0 Å². The largest absolute Gasteiger partial charge is 0.368 e. The first-order valence-electron chi connectivity index (χ1n) is 12.2. The topological polar surface area (TPSA) is 64.7 Å². The maximum atomic E-state index is 13.2. The van der Waals surface area contributed by atoms with Crippen molar-refractivity contribution >= 4 is 29.3 Å². The first kappa shape index (κ1) is 24.9. The van der Waals surface area contributed by atoms with E-state index in [2.05, 4.69) is 57.3 Å². The summed E-state index contributed by atoms with van der Waals surface area (Å²) in [5.74, 6) is -0.0131. The zero-order valence-electron chi connectivity index (χ0n) is 20.3. The molecule has 0 bridgehead atoms. The highest BCUT2D eigenvalue weighted by molar-refractivity contribution is 7.09. The van der Waals surface area contributed by atoms with Gasteiger partial charge in [-0.1, -0.05) is 54.1 Å². The maximum Gasteiger partial charge on any atom is 0.245 e. The number of aryl methyl sites for hydroxylation is 1. The van der Waals surface area contributed by atoms with E-state index < -0.39 is 6.04 Å². The lowest BCUT2D eigenvalue weighted by molar-refractivity contribution is -0.135. The average Bonchev–Trinajstić information content (AvgIpc) is 3.41. The fourth-order valence-electron chi connectivity index (χ4n) is 4.51. The molecule has 2 amide bonds. The van der Waals surface area contributed by atoms with Crippen LogP contribution in [0.2, 0.25) is 0 Å². The summed E-state index contributed by atoms with van der Waals surface area (Å²) in [4.78, 5) is 30.1. The number of hydrogen-bond acceptors (Lipinski definition) is 5. The molecule has 6 nitrogen and oxygen atoms in total. The van der Waals surface area contributed by atoms with Crippen molar-refractivity contribution in [3.63, 3.8) is 0 Å². The molecule has 2 N–H and O–H groups in total. The Hall–Kier alpha value is -3.16. The lowest BCUT2D eigenvalue weighted by Gasteiger charge is -2.38. The lowest BCUT2D eigenvalue weighted by atomic mass is 10.0. The predicted molar refractivity (Wildman–Crippen MR) is 143 cm³/mol. The van der Waals surface area contributed by atoms with Gasteiger partial charge in [-0.3, -0.25) is 9.59 Å². The number of anilines is 1. The van der Waals surface area contributed by atoms with Crippen LogP contribution in [0.4, 0.5) is 5.69 Å². The van der Waals surface area contributed by atoms with Gasteiger partial charge < -0.3 is 20.4 Å². The molecule has 1 fully saturated rings. The van der Waals surface area contributed by atoms with Crippen molar-refractivity contribution in [3.05, 3.63) is 87.6 Å². The van der Waals surface area contributed by atoms with E-state index in [1.807, 2.05) is 36.1 Å². The highest BCUT2D eigenvalue weighted by Crippen LogP contribution is 2.22. The van der Waals surface area contributed by atoms with Crippen molar-refractivity contribution in [2.24, 2.45) is 0 Å². The minimum atomic E-state index is -0.540. The van der Waals surface area contributed by atoms with E-state index in [-0.39, 0.29) is 5.91 Å². The SMILES string of the molecule is Cc1ccc(C[C@@H](NC=O)C(=O)N2CCN(c3ccccc3CNCCc3cccs3)CC2)cc1. The van der Waals surface area contributed by atoms with Crippen molar-refractivity contribution in [2.75, 3.05) is 37.6 Å². The van der Waals surface area contributed by atoms with Gasteiger partial charge in [-0.15, -0.1) is 11.3 Å². The van der Waals surface area contributed by atoms with E-state index in [1.54, 1.807) is 11.3 Å². The molecule has 2 aromatic carbocycles. The quantitative estimate of drug-likeness (QED) is 0.320. The van der Waals surface area contributed by atoms with Gasteiger partial charge >= 0.3 is 0 Å². The normalized spacial score (nSPS) is 14.5. The molecule has 0 unspecified atom stereocenters. The number of para-hydroxylation sites is 1. The third kappa shape index (κ3) is 6.93. The van der Waals surface area contributed by atoms with E-state index in [0.29, 0.717) is 25.9 Å². The highest BCUT2D eigenvalue weighted by Gasteiger charge is 2.28. The highest BCUT2D eigenvalue weighted by atomic mass is 32.1. The van der Waals surface area contributed by atoms with Crippen LogP contribution in [-0.2, 0) is 29.0 Å². The smallest absolute Gasteiger partial charge is 0.245 e. The number of thiophene rings is 1. The van der Waals surface area contributed by atoms with Crippen LogP contribution in [-0.4, -0.2) is 56.0 Å². The first-order valence-corrected chi connectivity index (χ1v) is 13.1. The second-order valence-corrected chi connectivity index (χ2v) is 10.0. The molecule has 0 radical (unpaired) electrons. The molecule has 1 saturated heterocycles. The molecule has 1 aromatic heterocycles. The van der Waals surface area contributed by atoms with Crippen LogP contribution in [0.3, 0.4) is 0 Å². The maximum absolute atomic E-state index is 13.2. The second-order valence-electron chi connectivity index (χ2n) is 8.97. The minimum Gasteiger partial charge on any atom is -0.368 e. The lowest BCUT2D eigenvalue weighted by Crippen LogP contribution is -2.54. The number of hydrogen-bond donors (Lipinski definition) is 2. The third-order valence-electron chi connectivity index (χ3n) is 6.50. The number of nitrogens with one attached hydrogen (secondary N) is 2. The Morgan fingerprint density at radius 3 is 2.51 bits per heavy atom. The molecule has 1 atom stereocenters. The Balaban J connectivity index is 1.31. The molecule has 35 heavy (non-hydrogen) atoms. The molecular formula is C28H34N4O2S. The van der Waals surface area contributed by atoms with Crippen molar-refractivity contribution in [1.29, 1.82) is 0 Å². The van der Waals surface area contributed by atoms with Gasteiger partial charge in [0.2, 0.25) is 12.3 Å². The van der Waals surface area contributed by atoms with Crippen LogP contribution in [0.25, 0.3) is 0 Å². The Kier molecular flexibility index (Phi) is 8.92. The molecule has 4 rings (SSSR count). The first-order chi connectivity index (χ1) is 17.1. The fraction of sp³-hybridized carbons (Fsp3) is 0.357. The van der Waals surface area contributed by atoms with E-state index in [1.165, 1.54) is 21.7 Å². The summed E-state index contributed by atoms with van der Waals surface area (Å²) >= 11 is 1.80. The van der Waals surface area contributed by atoms with Crippen LogP contribution in [0.1, 0.15) is 21.6 Å². The molecule has 2 heterocycles. The third-order valence-corrected chi connectivity index (χ3v) is 7.43. The van der Waals surface area contributed by atoms with Crippen molar-refractivity contribution in [3.8, 4) is 0 Å². The standard InChI is InChI=1S/C28H34N4O2S/c1-22-8-10-23(11-9-22)19-26(30-21-33)28(34)32-16-14-31(15-17-32)27-7-3-2-5-24(27)20-29-13-12-25-6-4-18-35-25/h2-11,18,21,26,29H,12-17,19-20H2,1H3,(H,30,33)/t26-/m1/s1. The van der Waals surface area contributed by atoms with Gasteiger partial charge in [0.25, 0.3) is 0 Å². The van der Waals surface area contributed by atoms with Gasteiger partial charge in [-0.05, 0) is 42.0 Å². The van der Waals surface area contributed by atoms with Gasteiger partial charge in [0.05, 0.1) is 0 Å². The Bertz CT molecular complexity index is 1080. The molecule has 0 spiro atoms. The Labute approximate surface area is 212 Å². The number of rotatable bonds is 11. The minimum absolute atomic E-state index is 0.0131. The summed E-state index contributed by atoms with van der Waals surface area (Å²) < 4.78 is 0. The van der Waals surface area contributed by atoms with Gasteiger partial charge in [0.15, 0.2) is 0 Å². The molecule has 0 aliphatic carbocycles. The zero-order chi connectivity index (χ0) is 24.5. The average molecular weight is 491 g/mol. The number of amides is 2. The number of piperazine rings is 1. The van der Waals surface area contributed by atoms with Crippen LogP contribution in [0, 0.1) is 6.92 Å². The van der Waals surface area contributed by atoms with Crippen LogP contribution < -0.4 is 15.5 Å². The van der Waals surface area contributed by atoms with Crippen molar-refractivity contribution < 1.29 is 9.59 Å². The summed E-state index contributed by atoms with van der Waals surface area (Å²) in [5.41, 5.74) is 4.72. The summed E-state index contributed by atoms with van der Waals surface area (Å²) in [7, 11) is 0. The molecule has 3 aromatic rings.